The van der Waals surface area contributed by atoms with Crippen molar-refractivity contribution in [2.24, 2.45) is 17.2 Å². The van der Waals surface area contributed by atoms with Gasteiger partial charge >= 0.3 is 0 Å². The minimum Gasteiger partial charge on any atom is -0.508 e. The molecule has 0 atom stereocenters. The number of aromatic nitrogens is 9. The molecule has 17 N–H and O–H groups in total. The smallest absolute Gasteiger partial charge is 0.162 e. The van der Waals surface area contributed by atoms with Crippen LogP contribution in [0, 0.1) is 6.92 Å². The highest BCUT2D eigenvalue weighted by Crippen LogP contribution is 2.37. The SMILES string of the molecule is CCCCc1nc2c(N)nc3ccc(CCCCCN)cc3c2n1Cc1cc(O)ccc1O.CCCCc1nc2c(N)nc3ccc(CCCCCN)cc3c2n1Cc1ccc(O)c(C)c1.CCCCc1nc2c(N)nc3ccc(CCCCCN)cc3c2n1Cc1cccc(O)c1O. The molecule has 0 saturated heterocycles. The molecule has 6 heterocycles. The molecule has 6 aromatic heterocycles. The van der Waals surface area contributed by atoms with Gasteiger partial charge in [-0.25, -0.2) is 29.9 Å². The topological polar surface area (TPSA) is 349 Å². The second kappa shape index (κ2) is 34.1. The lowest BCUT2D eigenvalue weighted by Crippen LogP contribution is -2.06. The number of hydrogen-bond donors (Lipinski definition) is 11. The second-order valence-corrected chi connectivity index (χ2v) is 26.3. The maximum atomic E-state index is 10.5. The maximum Gasteiger partial charge on any atom is 0.162 e. The van der Waals surface area contributed by atoms with Crippen molar-refractivity contribution >= 4 is 83.3 Å². The van der Waals surface area contributed by atoms with E-state index in [-0.39, 0.29) is 23.0 Å². The van der Waals surface area contributed by atoms with Crippen LogP contribution >= 0.6 is 0 Å². The van der Waals surface area contributed by atoms with E-state index in [2.05, 4.69) is 91.9 Å². The molecule has 0 unspecified atom stereocenters. The van der Waals surface area contributed by atoms with Crippen molar-refractivity contribution in [2.45, 2.75) is 182 Å². The van der Waals surface area contributed by atoms with Crippen LogP contribution < -0.4 is 34.4 Å². The standard InChI is InChI=1S/C27H35N5O.2C26H33N5O2/c1-3-4-9-24-31-25-26(32(24)17-20-11-13-23(33)18(2)15-20)21-16-19(8-6-5-7-14-28)10-12-22(21)30-27(25)29;1-2-3-11-22-30-23-24(31(22)16-18-9-7-10-21(32)25(18)33)19-15-17(8-5-4-6-14-27)12-13-20(19)29-26(23)28;1-2-3-8-23-30-24-25(31(23)16-18-15-19(32)10-12-22(18)33)20-14-17(7-5-4-6-13-27)9-11-21(20)29-26(24)28/h10-13,15-16,33H,3-9,14,17,28H2,1-2H3,(H2,29,30);7,9-10,12-13,15,32-33H,2-6,8,11,14,16,27H2,1H3,(H2,28,29);9-12,14-15,32-33H,2-8,13,16,27H2,1H3,(H2,28,29). The number of aryl methyl sites for hydroxylation is 7. The third-order valence-electron chi connectivity index (χ3n) is 18.7. The Kier molecular flexibility index (Phi) is 24.8. The molecule has 0 saturated carbocycles. The highest BCUT2D eigenvalue weighted by Gasteiger charge is 2.23. The van der Waals surface area contributed by atoms with E-state index in [0.717, 1.165) is 238 Å². The van der Waals surface area contributed by atoms with Crippen LogP contribution in [0.1, 0.15) is 174 Å². The molecule has 522 valence electrons. The zero-order valence-corrected chi connectivity index (χ0v) is 58.2. The van der Waals surface area contributed by atoms with E-state index < -0.39 is 0 Å². The third-order valence-corrected chi connectivity index (χ3v) is 18.7. The van der Waals surface area contributed by atoms with E-state index in [4.69, 9.17) is 49.4 Å². The molecule has 20 heteroatoms. The number of fused-ring (bicyclic) bond motifs is 9. The van der Waals surface area contributed by atoms with Crippen molar-refractivity contribution in [1.82, 2.24) is 43.6 Å². The molecule has 99 heavy (non-hydrogen) atoms. The number of rotatable bonds is 30. The lowest BCUT2D eigenvalue weighted by Gasteiger charge is -2.13. The van der Waals surface area contributed by atoms with Crippen LogP contribution in [0.5, 0.6) is 28.7 Å². The van der Waals surface area contributed by atoms with E-state index in [1.165, 1.54) is 34.9 Å². The van der Waals surface area contributed by atoms with Crippen LogP contribution in [0.15, 0.2) is 109 Å². The summed E-state index contributed by atoms with van der Waals surface area (Å²) in [4.78, 5) is 28.7. The predicted molar refractivity (Wildman–Crippen MR) is 404 cm³/mol. The molecular weight excluding hydrogens is 1240 g/mol. The number of phenolic OH excluding ortho intramolecular Hbond substituents is 5. The van der Waals surface area contributed by atoms with Gasteiger partial charge in [-0.3, -0.25) is 0 Å². The second-order valence-electron chi connectivity index (χ2n) is 26.3. The molecule has 0 radical (unpaired) electrons. The zero-order chi connectivity index (χ0) is 70.1. The average molecular weight is 1340 g/mol. The summed E-state index contributed by atoms with van der Waals surface area (Å²) >= 11 is 0. The first-order valence-corrected chi connectivity index (χ1v) is 35.7. The van der Waals surface area contributed by atoms with Crippen LogP contribution in [0.3, 0.4) is 0 Å². The quantitative estimate of drug-likeness (QED) is 0.0113. The number of hydrogen-bond acceptors (Lipinski definition) is 17. The number of phenols is 5. The first-order valence-electron chi connectivity index (χ1n) is 35.7. The summed E-state index contributed by atoms with van der Waals surface area (Å²) in [5.41, 5.74) is 50.7. The van der Waals surface area contributed by atoms with Gasteiger partial charge in [0, 0.05) is 53.1 Å². The van der Waals surface area contributed by atoms with Crippen molar-refractivity contribution in [3.8, 4) is 28.7 Å². The number of unbranched alkanes of at least 4 members (excludes halogenated alkanes) is 9. The molecule has 0 amide bonds. The van der Waals surface area contributed by atoms with Crippen molar-refractivity contribution in [1.29, 1.82) is 0 Å². The van der Waals surface area contributed by atoms with Gasteiger partial charge in [0.1, 0.15) is 51.3 Å². The summed E-state index contributed by atoms with van der Waals surface area (Å²) in [7, 11) is 0. The fraction of sp³-hybridized carbons (Fsp3) is 0.392. The van der Waals surface area contributed by atoms with E-state index >= 15 is 0 Å². The number of anilines is 3. The Morgan fingerprint density at radius 2 is 0.747 bits per heavy atom. The number of nitrogens with two attached hydrogens (primary N) is 6. The molecule has 12 rings (SSSR count). The van der Waals surface area contributed by atoms with Crippen LogP contribution in [0.4, 0.5) is 17.5 Å². The summed E-state index contributed by atoms with van der Waals surface area (Å²) in [5.74, 6) is 4.49. The Morgan fingerprint density at radius 3 is 1.15 bits per heavy atom. The largest absolute Gasteiger partial charge is 0.508 e. The number of benzene rings is 6. The fourth-order valence-electron chi connectivity index (χ4n) is 13.3. The van der Waals surface area contributed by atoms with Gasteiger partial charge in [-0.1, -0.05) is 102 Å². The molecule has 12 aromatic rings. The van der Waals surface area contributed by atoms with E-state index in [9.17, 15) is 25.5 Å². The maximum absolute atomic E-state index is 10.5. The number of pyridine rings is 3. The molecule has 20 nitrogen and oxygen atoms in total. The van der Waals surface area contributed by atoms with Gasteiger partial charge in [0.15, 0.2) is 29.0 Å². The average Bonchev–Trinajstić information content (AvgIpc) is 1.66. The first-order chi connectivity index (χ1) is 48.1. The van der Waals surface area contributed by atoms with Gasteiger partial charge in [-0.2, -0.15) is 0 Å². The van der Waals surface area contributed by atoms with Gasteiger partial charge in [-0.05, 0) is 198 Å². The summed E-state index contributed by atoms with van der Waals surface area (Å²) in [6, 6.07) is 34.6. The normalized spacial score (nSPS) is 11.6. The lowest BCUT2D eigenvalue weighted by atomic mass is 10.0. The molecular formula is C79H101N15O5. The number of para-hydroxylation sites is 1. The van der Waals surface area contributed by atoms with Crippen molar-refractivity contribution in [3.05, 3.63) is 166 Å². The molecule has 0 aliphatic heterocycles. The van der Waals surface area contributed by atoms with Crippen LogP contribution in [0.25, 0.3) is 65.8 Å². The Morgan fingerprint density at radius 1 is 0.354 bits per heavy atom. The van der Waals surface area contributed by atoms with Crippen molar-refractivity contribution < 1.29 is 25.5 Å². The molecule has 0 bridgehead atoms. The number of nitrogens with zero attached hydrogens (tertiary/aromatic N) is 9. The Bertz CT molecular complexity index is 4580. The minimum absolute atomic E-state index is 0.104. The molecule has 0 aliphatic rings. The van der Waals surface area contributed by atoms with E-state index in [1.54, 1.807) is 18.2 Å². The molecule has 0 fully saturated rings. The van der Waals surface area contributed by atoms with Crippen molar-refractivity contribution in [2.75, 3.05) is 36.8 Å². The van der Waals surface area contributed by atoms with E-state index in [1.807, 2.05) is 37.3 Å². The van der Waals surface area contributed by atoms with Crippen molar-refractivity contribution in [3.63, 3.8) is 0 Å². The Hall–Kier alpha value is -9.76. The summed E-state index contributed by atoms with van der Waals surface area (Å²) in [6.07, 6.45) is 21.5. The number of aromatic hydroxyl groups is 5. The van der Waals surface area contributed by atoms with Crippen LogP contribution in [-0.2, 0) is 58.2 Å². The van der Waals surface area contributed by atoms with E-state index in [0.29, 0.717) is 65.0 Å². The summed E-state index contributed by atoms with van der Waals surface area (Å²) in [6.45, 7) is 12.1. The predicted octanol–water partition coefficient (Wildman–Crippen LogP) is 14.5. The fourth-order valence-corrected chi connectivity index (χ4v) is 13.3. The molecule has 0 spiro atoms. The highest BCUT2D eigenvalue weighted by atomic mass is 16.3. The summed E-state index contributed by atoms with van der Waals surface area (Å²) < 4.78 is 6.55. The van der Waals surface area contributed by atoms with Gasteiger partial charge in [-0.15, -0.1) is 0 Å². The zero-order valence-electron chi connectivity index (χ0n) is 58.2. The third kappa shape index (κ3) is 17.2. The number of imidazole rings is 3. The Labute approximate surface area is 580 Å². The van der Waals surface area contributed by atoms with Gasteiger partial charge < -0.3 is 73.6 Å². The Balaban J connectivity index is 0.000000161. The number of nitrogen functional groups attached to an aromatic ring is 3. The van der Waals surface area contributed by atoms with Gasteiger partial charge in [0.2, 0.25) is 0 Å². The van der Waals surface area contributed by atoms with Crippen LogP contribution in [-0.4, -0.2) is 88.8 Å². The van der Waals surface area contributed by atoms with Gasteiger partial charge in [0.25, 0.3) is 0 Å². The lowest BCUT2D eigenvalue weighted by molar-refractivity contribution is 0.398. The monoisotopic (exact) mass is 1340 g/mol. The molecule has 0 aliphatic carbocycles. The first kappa shape index (κ1) is 72.0. The summed E-state index contributed by atoms with van der Waals surface area (Å²) in [5, 5.41) is 54.0. The van der Waals surface area contributed by atoms with Crippen LogP contribution in [0.2, 0.25) is 0 Å². The minimum atomic E-state index is -0.127. The molecule has 6 aromatic carbocycles. The highest BCUT2D eigenvalue weighted by molar-refractivity contribution is 6.09. The van der Waals surface area contributed by atoms with Gasteiger partial charge in [0.05, 0.1) is 46.2 Å².